The molecule has 3 heteroatoms. The molecule has 0 radical (unpaired) electrons. The van der Waals surface area contributed by atoms with Crippen molar-refractivity contribution in [2.45, 2.75) is 6.42 Å². The number of aliphatic imine (C=N–C) groups is 1. The molecule has 1 aliphatic heterocycles. The zero-order valence-corrected chi connectivity index (χ0v) is 7.94. The van der Waals surface area contributed by atoms with Crippen LogP contribution >= 0.6 is 15.9 Å². The summed E-state index contributed by atoms with van der Waals surface area (Å²) in [7, 11) is 0. The van der Waals surface area contributed by atoms with Crippen LogP contribution in [0.25, 0.3) is 0 Å². The molecule has 1 heterocycles. The summed E-state index contributed by atoms with van der Waals surface area (Å²) < 4.78 is 14.0. The topological polar surface area (TPSA) is 12.4 Å². The van der Waals surface area contributed by atoms with Gasteiger partial charge in [-0.05, 0) is 24.1 Å². The Bertz CT molecular complexity index is 347. The maximum absolute atomic E-state index is 13.2. The minimum atomic E-state index is -0.192. The smallest absolute Gasteiger partial charge is 0.133 e. The molecule has 1 aromatic rings. The minimum Gasteiger partial charge on any atom is -0.292 e. The van der Waals surface area contributed by atoms with Gasteiger partial charge in [0.25, 0.3) is 0 Å². The summed E-state index contributed by atoms with van der Waals surface area (Å²) in [4.78, 5) is 4.03. The first-order valence-corrected chi connectivity index (χ1v) is 4.54. The zero-order chi connectivity index (χ0) is 8.55. The Morgan fingerprint density at radius 2 is 2.25 bits per heavy atom. The molecule has 0 aliphatic carbocycles. The van der Waals surface area contributed by atoms with E-state index in [0.29, 0.717) is 5.56 Å². The Kier molecular flexibility index (Phi) is 1.97. The molecule has 0 unspecified atom stereocenters. The highest BCUT2D eigenvalue weighted by Gasteiger charge is 2.10. The Hall–Kier alpha value is -0.700. The van der Waals surface area contributed by atoms with Gasteiger partial charge in [0.2, 0.25) is 0 Å². The van der Waals surface area contributed by atoms with Crippen molar-refractivity contribution in [1.82, 2.24) is 0 Å². The lowest BCUT2D eigenvalue weighted by Gasteiger charge is -2.10. The van der Waals surface area contributed by atoms with Crippen molar-refractivity contribution >= 4 is 22.1 Å². The van der Waals surface area contributed by atoms with Gasteiger partial charge in [-0.1, -0.05) is 15.9 Å². The highest BCUT2D eigenvalue weighted by atomic mass is 79.9. The van der Waals surface area contributed by atoms with E-state index in [1.807, 2.05) is 6.07 Å². The van der Waals surface area contributed by atoms with Crippen molar-refractivity contribution in [1.29, 1.82) is 0 Å². The van der Waals surface area contributed by atoms with Crippen LogP contribution in [0.4, 0.5) is 4.39 Å². The van der Waals surface area contributed by atoms with E-state index in [2.05, 4.69) is 20.9 Å². The van der Waals surface area contributed by atoms with Crippen molar-refractivity contribution in [3.8, 4) is 0 Å². The van der Waals surface area contributed by atoms with Gasteiger partial charge in [0.05, 0.1) is 0 Å². The maximum atomic E-state index is 13.2. The summed E-state index contributed by atoms with van der Waals surface area (Å²) in [6.45, 7) is 0.767. The highest BCUT2D eigenvalue weighted by Crippen LogP contribution is 2.21. The molecule has 62 valence electrons. The fourth-order valence-corrected chi connectivity index (χ4v) is 1.81. The fraction of sp³-hybridized carbons (Fsp3) is 0.222. The third-order valence-electron chi connectivity index (χ3n) is 1.91. The van der Waals surface area contributed by atoms with E-state index in [0.717, 1.165) is 23.0 Å². The molecular weight excluding hydrogens is 221 g/mol. The summed E-state index contributed by atoms with van der Waals surface area (Å²) in [5.41, 5.74) is 1.68. The summed E-state index contributed by atoms with van der Waals surface area (Å²) in [6.07, 6.45) is 2.45. The predicted octanol–water partition coefficient (Wildman–Crippen LogP) is 2.56. The first-order valence-electron chi connectivity index (χ1n) is 3.75. The zero-order valence-electron chi connectivity index (χ0n) is 6.35. The monoisotopic (exact) mass is 227 g/mol. The third kappa shape index (κ3) is 1.29. The predicted molar refractivity (Wildman–Crippen MR) is 50.3 cm³/mol. The number of benzene rings is 1. The molecule has 0 atom stereocenters. The van der Waals surface area contributed by atoms with Crippen LogP contribution in [0.5, 0.6) is 0 Å². The van der Waals surface area contributed by atoms with E-state index in [4.69, 9.17) is 0 Å². The lowest BCUT2D eigenvalue weighted by atomic mass is 10.0. The second kappa shape index (κ2) is 2.98. The molecule has 0 bridgehead atoms. The number of halogens is 2. The summed E-state index contributed by atoms with van der Waals surface area (Å²) in [5.74, 6) is -0.192. The second-order valence-corrected chi connectivity index (χ2v) is 3.66. The number of hydrogen-bond acceptors (Lipinski definition) is 1. The first kappa shape index (κ1) is 7.92. The van der Waals surface area contributed by atoms with Crippen molar-refractivity contribution < 1.29 is 4.39 Å². The fourth-order valence-electron chi connectivity index (χ4n) is 1.33. The van der Waals surface area contributed by atoms with E-state index in [1.54, 1.807) is 6.21 Å². The molecule has 0 spiro atoms. The Labute approximate surface area is 78.4 Å². The first-order chi connectivity index (χ1) is 5.77. The van der Waals surface area contributed by atoms with Crippen molar-refractivity contribution in [3.05, 3.63) is 33.5 Å². The summed E-state index contributed by atoms with van der Waals surface area (Å²) in [5, 5.41) is 0. The van der Waals surface area contributed by atoms with Gasteiger partial charge in [0.1, 0.15) is 5.82 Å². The van der Waals surface area contributed by atoms with Gasteiger partial charge in [-0.25, -0.2) is 4.39 Å². The van der Waals surface area contributed by atoms with E-state index in [1.165, 1.54) is 6.07 Å². The minimum absolute atomic E-state index is 0.192. The van der Waals surface area contributed by atoms with Gasteiger partial charge in [0, 0.05) is 22.8 Å². The standard InChI is InChI=1S/C9H7BrFN/c10-7-3-6-1-2-12-5-8(6)9(11)4-7/h3-5H,1-2H2. The average molecular weight is 228 g/mol. The van der Waals surface area contributed by atoms with Crippen LogP contribution in [0.15, 0.2) is 21.6 Å². The molecule has 0 fully saturated rings. The molecule has 2 rings (SSSR count). The molecule has 1 aromatic carbocycles. The van der Waals surface area contributed by atoms with Gasteiger partial charge in [-0.15, -0.1) is 0 Å². The lowest BCUT2D eigenvalue weighted by Crippen LogP contribution is -2.05. The van der Waals surface area contributed by atoms with Crippen LogP contribution < -0.4 is 0 Å². The van der Waals surface area contributed by atoms with E-state index < -0.39 is 0 Å². The molecule has 1 aliphatic rings. The molecule has 0 aromatic heterocycles. The van der Waals surface area contributed by atoms with Crippen molar-refractivity contribution in [2.75, 3.05) is 6.54 Å². The molecule has 0 amide bonds. The molecule has 0 saturated carbocycles. The van der Waals surface area contributed by atoms with Gasteiger partial charge in [-0.2, -0.15) is 0 Å². The molecule has 1 nitrogen and oxygen atoms in total. The number of hydrogen-bond donors (Lipinski definition) is 0. The molecule has 0 saturated heterocycles. The molecule has 0 N–H and O–H groups in total. The number of rotatable bonds is 0. The van der Waals surface area contributed by atoms with Crippen LogP contribution in [0.2, 0.25) is 0 Å². The summed E-state index contributed by atoms with van der Waals surface area (Å²) >= 11 is 3.26. The van der Waals surface area contributed by atoms with Crippen LogP contribution in [-0.4, -0.2) is 12.8 Å². The Morgan fingerprint density at radius 3 is 3.08 bits per heavy atom. The van der Waals surface area contributed by atoms with Crippen LogP contribution in [0.3, 0.4) is 0 Å². The molecular formula is C9H7BrFN. The van der Waals surface area contributed by atoms with Crippen LogP contribution in [0.1, 0.15) is 11.1 Å². The quantitative estimate of drug-likeness (QED) is 0.647. The van der Waals surface area contributed by atoms with Gasteiger partial charge >= 0.3 is 0 Å². The Balaban J connectivity index is 2.62. The second-order valence-electron chi connectivity index (χ2n) is 2.75. The summed E-state index contributed by atoms with van der Waals surface area (Å²) in [6, 6.07) is 3.42. The van der Waals surface area contributed by atoms with Gasteiger partial charge in [0.15, 0.2) is 0 Å². The van der Waals surface area contributed by atoms with Crippen molar-refractivity contribution in [2.24, 2.45) is 4.99 Å². The molecule has 12 heavy (non-hydrogen) atoms. The van der Waals surface area contributed by atoms with Crippen molar-refractivity contribution in [3.63, 3.8) is 0 Å². The van der Waals surface area contributed by atoms with Gasteiger partial charge in [-0.3, -0.25) is 4.99 Å². The highest BCUT2D eigenvalue weighted by molar-refractivity contribution is 9.10. The largest absolute Gasteiger partial charge is 0.292 e. The number of fused-ring (bicyclic) bond motifs is 1. The van der Waals surface area contributed by atoms with E-state index in [-0.39, 0.29) is 5.82 Å². The van der Waals surface area contributed by atoms with Crippen LogP contribution in [0, 0.1) is 5.82 Å². The normalized spacial score (nSPS) is 14.5. The SMILES string of the molecule is Fc1cc(Br)cc2c1C=NCC2. The lowest BCUT2D eigenvalue weighted by molar-refractivity contribution is 0.621. The van der Waals surface area contributed by atoms with E-state index >= 15 is 0 Å². The maximum Gasteiger partial charge on any atom is 0.133 e. The third-order valence-corrected chi connectivity index (χ3v) is 2.37. The Morgan fingerprint density at radius 1 is 1.42 bits per heavy atom. The van der Waals surface area contributed by atoms with Crippen LogP contribution in [-0.2, 0) is 6.42 Å². The van der Waals surface area contributed by atoms with E-state index in [9.17, 15) is 4.39 Å². The average Bonchev–Trinajstić information content (AvgIpc) is 2.04. The number of nitrogens with zero attached hydrogens (tertiary/aromatic N) is 1. The van der Waals surface area contributed by atoms with Gasteiger partial charge < -0.3 is 0 Å².